The topological polar surface area (TPSA) is 287 Å². The number of carbonyl (C=O) groups excluding carboxylic acids is 4. The highest BCUT2D eigenvalue weighted by Crippen LogP contribution is 2.58. The number of aliphatic hydroxyl groups excluding tert-OH is 1. The van der Waals surface area contributed by atoms with E-state index in [0.717, 1.165) is 0 Å². The number of fused-ring (bicyclic) bond motifs is 3. The van der Waals surface area contributed by atoms with Crippen LogP contribution in [0.3, 0.4) is 0 Å². The molecule has 8 aliphatic rings. The van der Waals surface area contributed by atoms with Crippen molar-refractivity contribution in [1.29, 1.82) is 0 Å². The summed E-state index contributed by atoms with van der Waals surface area (Å²) in [5.74, 6) is -3.61. The van der Waals surface area contributed by atoms with Gasteiger partial charge in [0.1, 0.15) is 53.9 Å². The summed E-state index contributed by atoms with van der Waals surface area (Å²) in [5.41, 5.74) is -3.77. The highest BCUT2D eigenvalue weighted by molar-refractivity contribution is 6.31. The number of likely N-dealkylation sites (N-methyl/N-ethyl adjacent to an activating group) is 2. The predicted molar refractivity (Wildman–Crippen MR) is 290 cm³/mol. The van der Waals surface area contributed by atoms with Gasteiger partial charge in [-0.2, -0.15) is 0 Å². The predicted octanol–water partition coefficient (Wildman–Crippen LogP) is 5.12. The fourth-order valence-corrected chi connectivity index (χ4v) is 13.5. The van der Waals surface area contributed by atoms with Crippen LogP contribution in [0.25, 0.3) is 0 Å². The molecule has 0 saturated carbocycles. The number of nitrogens with zero attached hydrogens (tertiary/aromatic N) is 2. The molecule has 460 valence electrons. The Balaban J connectivity index is 0.891. The number of ketones is 4. The van der Waals surface area contributed by atoms with E-state index in [1.54, 1.807) is 34.6 Å². The molecule has 22 unspecified atom stereocenters. The summed E-state index contributed by atoms with van der Waals surface area (Å²) < 4.78 is 77.0. The van der Waals surface area contributed by atoms with E-state index in [-0.39, 0.29) is 84.2 Å². The Kier molecular flexibility index (Phi) is 18.6. The molecular weight excluding hydrogens is 1080 g/mol. The number of benzene rings is 2. The Bertz CT molecular complexity index is 2710. The quantitative estimate of drug-likeness (QED) is 0.123. The van der Waals surface area contributed by atoms with Crippen molar-refractivity contribution in [1.82, 2.24) is 9.80 Å². The third kappa shape index (κ3) is 12.3. The molecule has 23 nitrogen and oxygen atoms in total. The number of ether oxygens (including phenoxy) is 12. The second-order valence-electron chi connectivity index (χ2n) is 24.3. The molecule has 2 aliphatic carbocycles. The molecule has 23 heteroatoms. The lowest BCUT2D eigenvalue weighted by Gasteiger charge is -2.50. The van der Waals surface area contributed by atoms with Crippen molar-refractivity contribution in [3.05, 3.63) is 51.6 Å². The van der Waals surface area contributed by atoms with Gasteiger partial charge in [0.2, 0.25) is 5.78 Å². The highest BCUT2D eigenvalue weighted by Gasteiger charge is 2.55. The molecule has 83 heavy (non-hydrogen) atoms. The molecule has 5 N–H and O–H groups in total. The van der Waals surface area contributed by atoms with Gasteiger partial charge >= 0.3 is 0 Å². The molecule has 0 radical (unpaired) electrons. The lowest BCUT2D eigenvalue weighted by Crippen LogP contribution is -2.58. The second-order valence-corrected chi connectivity index (χ2v) is 24.3. The van der Waals surface area contributed by atoms with Crippen LogP contribution in [0.15, 0.2) is 18.2 Å². The number of hydrogen-bond donors (Lipinski definition) is 5. The first-order chi connectivity index (χ1) is 39.4. The zero-order chi connectivity index (χ0) is 59.7. The summed E-state index contributed by atoms with van der Waals surface area (Å²) >= 11 is 0. The molecule has 0 aromatic heterocycles. The smallest absolute Gasteiger partial charge is 0.202 e. The van der Waals surface area contributed by atoms with Crippen molar-refractivity contribution < 1.29 is 102 Å². The number of hydrogen-bond acceptors (Lipinski definition) is 23. The minimum Gasteiger partial charge on any atom is -0.507 e. The van der Waals surface area contributed by atoms with Gasteiger partial charge < -0.3 is 92.2 Å². The van der Waals surface area contributed by atoms with Crippen LogP contribution < -0.4 is 0 Å². The fraction of sp³-hybridized carbons (Fsp3) is 0.733. The van der Waals surface area contributed by atoms with E-state index in [4.69, 9.17) is 56.8 Å². The molecule has 10 rings (SSSR count). The van der Waals surface area contributed by atoms with Crippen LogP contribution in [-0.2, 0) is 66.4 Å². The lowest BCUT2D eigenvalue weighted by molar-refractivity contribution is -0.327. The zero-order valence-corrected chi connectivity index (χ0v) is 49.3. The Morgan fingerprint density at radius 1 is 0.554 bits per heavy atom. The maximum atomic E-state index is 14.5. The number of phenols is 3. The van der Waals surface area contributed by atoms with Crippen molar-refractivity contribution in [2.75, 3.05) is 28.2 Å². The minimum absolute atomic E-state index is 0.00649. The number of carbonyl (C=O) groups is 4. The fourth-order valence-electron chi connectivity index (χ4n) is 13.5. The molecule has 6 saturated heterocycles. The van der Waals surface area contributed by atoms with Gasteiger partial charge in [0.15, 0.2) is 55.1 Å². The number of phenolic OH excluding ortho intramolecular Hbond substituents is 3. The Labute approximate surface area is 483 Å². The van der Waals surface area contributed by atoms with Crippen molar-refractivity contribution >= 4 is 23.1 Å². The summed E-state index contributed by atoms with van der Waals surface area (Å²) in [6.45, 7) is 12.5. The average molecular weight is 1170 g/mol. The molecule has 6 heterocycles. The Morgan fingerprint density at radius 2 is 1.05 bits per heavy atom. The van der Waals surface area contributed by atoms with Crippen LogP contribution in [0.2, 0.25) is 0 Å². The van der Waals surface area contributed by atoms with Gasteiger partial charge in [0.25, 0.3) is 0 Å². The summed E-state index contributed by atoms with van der Waals surface area (Å²) in [5, 5.41) is 60.7. The summed E-state index contributed by atoms with van der Waals surface area (Å²) in [7, 11) is 7.54. The largest absolute Gasteiger partial charge is 0.507 e. The molecular formula is C60H84N2O21. The Hall–Kier alpha value is -4.12. The van der Waals surface area contributed by atoms with Crippen LogP contribution in [0.4, 0.5) is 0 Å². The van der Waals surface area contributed by atoms with Crippen molar-refractivity contribution in [2.45, 2.75) is 254 Å². The molecule has 6 aliphatic heterocycles. The molecule has 0 amide bonds. The van der Waals surface area contributed by atoms with Crippen molar-refractivity contribution in [3.63, 3.8) is 0 Å². The van der Waals surface area contributed by atoms with Crippen molar-refractivity contribution in [2.24, 2.45) is 0 Å². The third-order valence-corrected chi connectivity index (χ3v) is 18.3. The van der Waals surface area contributed by atoms with Gasteiger partial charge in [-0.1, -0.05) is 19.1 Å². The van der Waals surface area contributed by atoms with Gasteiger partial charge in [0, 0.05) is 86.6 Å². The lowest BCUT2D eigenvalue weighted by atomic mass is 9.70. The maximum absolute atomic E-state index is 14.5. The van der Waals surface area contributed by atoms with Gasteiger partial charge in [-0.05, 0) is 88.6 Å². The number of aliphatic hydroxyl groups is 2. The summed E-state index contributed by atoms with van der Waals surface area (Å²) in [6, 6.07) is 3.25. The van der Waals surface area contributed by atoms with E-state index in [1.165, 1.54) is 18.2 Å². The third-order valence-electron chi connectivity index (χ3n) is 18.3. The first-order valence-corrected chi connectivity index (χ1v) is 29.5. The van der Waals surface area contributed by atoms with E-state index in [9.17, 15) is 44.7 Å². The molecule has 2 aromatic rings. The van der Waals surface area contributed by atoms with E-state index in [0.29, 0.717) is 38.5 Å². The SMILES string of the molecule is CCC1(O)CC(OC2CC(N(C)C)C(OC3CC(O)C(OC4CCC(=O)C(C)O4)C(C)O3)C(C)O2)c2c(O)c3c(c(O)c2C1OC1CC(N(C)C)C(OC2CCC(OC4CCC(=O)C(C)O4)C(C)O2)C(C)O1)C(=O)c1cccc(O)c1C3=O. The monoisotopic (exact) mass is 1170 g/mol. The summed E-state index contributed by atoms with van der Waals surface area (Å²) in [6.07, 6.45) is -11.3. The first kappa shape index (κ1) is 61.9. The average Bonchev–Trinajstić information content (AvgIpc) is 0.798. The minimum atomic E-state index is -1.88. The van der Waals surface area contributed by atoms with Gasteiger partial charge in [-0.15, -0.1) is 0 Å². The van der Waals surface area contributed by atoms with Crippen LogP contribution in [-0.4, -0.2) is 209 Å². The molecule has 0 bridgehead atoms. The summed E-state index contributed by atoms with van der Waals surface area (Å²) in [4.78, 5) is 57.1. The molecule has 22 atom stereocenters. The van der Waals surface area contributed by atoms with Gasteiger partial charge in [-0.25, -0.2) is 0 Å². The van der Waals surface area contributed by atoms with Crippen LogP contribution in [0.5, 0.6) is 17.2 Å². The number of aromatic hydroxyl groups is 3. The molecule has 2 aromatic carbocycles. The van der Waals surface area contributed by atoms with Crippen LogP contribution >= 0.6 is 0 Å². The maximum Gasteiger partial charge on any atom is 0.202 e. The van der Waals surface area contributed by atoms with E-state index >= 15 is 0 Å². The second kappa shape index (κ2) is 24.9. The molecule has 0 spiro atoms. The van der Waals surface area contributed by atoms with Gasteiger partial charge in [-0.3, -0.25) is 19.2 Å². The van der Waals surface area contributed by atoms with E-state index < -0.39 is 156 Å². The zero-order valence-electron chi connectivity index (χ0n) is 49.3. The number of Topliss-reactive ketones (excluding diaryl/α,β-unsaturated/α-hetero) is 2. The first-order valence-electron chi connectivity index (χ1n) is 29.5. The normalized spacial score (nSPS) is 40.5. The molecule has 6 fully saturated rings. The highest BCUT2D eigenvalue weighted by atomic mass is 16.8. The standard InChI is InChI=1S/C60H84N2O21/c1-12-60(71)25-40(79-44-22-33(61(8)9)57(30(6)75-44)82-46-24-38(66)58(31(7)77-46)81-42-20-17-36(64)27(3)73-42)48-51(55(70)49-50(54(48)69)53(68)47-32(52(49)67)14-13-15-37(47)65)59(60)83-45-23-34(62(10)11)56(29(5)76-45)80-43-21-18-39(28(4)74-43)78-41-19-16-35(63)26(2)72-41/h13-15,26-31,33-34,38-46,56-59,65-66,69-71H,12,16-25H2,1-11H3. The van der Waals surface area contributed by atoms with Crippen LogP contribution in [0.1, 0.15) is 174 Å². The van der Waals surface area contributed by atoms with Gasteiger partial charge in [0.05, 0.1) is 65.0 Å². The number of rotatable bonds is 15. The van der Waals surface area contributed by atoms with E-state index in [1.807, 2.05) is 51.8 Å². The van der Waals surface area contributed by atoms with Crippen LogP contribution in [0, 0.1) is 0 Å². The van der Waals surface area contributed by atoms with Crippen molar-refractivity contribution in [3.8, 4) is 17.2 Å². The Morgan fingerprint density at radius 3 is 1.60 bits per heavy atom. The van der Waals surface area contributed by atoms with E-state index in [2.05, 4.69) is 0 Å².